The highest BCUT2D eigenvalue weighted by Crippen LogP contribution is 2.33. The zero-order chi connectivity index (χ0) is 20.0. The zero-order valence-electron chi connectivity index (χ0n) is 16.0. The fourth-order valence-electron chi connectivity index (χ4n) is 4.48. The minimum absolute atomic E-state index is 0.114. The van der Waals surface area contributed by atoms with Crippen LogP contribution in [0.3, 0.4) is 0 Å². The van der Waals surface area contributed by atoms with Crippen LogP contribution in [0.5, 0.6) is 0 Å². The third-order valence-corrected chi connectivity index (χ3v) is 7.87. The van der Waals surface area contributed by atoms with Crippen molar-refractivity contribution < 1.29 is 13.2 Å². The molecule has 3 aromatic rings. The highest BCUT2D eigenvalue weighted by atomic mass is 32.2. The van der Waals surface area contributed by atoms with Gasteiger partial charge in [0.15, 0.2) is 0 Å². The van der Waals surface area contributed by atoms with Crippen LogP contribution in [0.15, 0.2) is 71.6 Å². The van der Waals surface area contributed by atoms with Crippen LogP contribution in [0, 0.1) is 0 Å². The molecule has 0 bridgehead atoms. The van der Waals surface area contributed by atoms with Crippen molar-refractivity contribution in [2.45, 2.75) is 30.2 Å². The molecule has 0 N–H and O–H groups in total. The number of nitrogens with zero attached hydrogens (tertiary/aromatic N) is 2. The molecule has 0 saturated carbocycles. The van der Waals surface area contributed by atoms with Gasteiger partial charge in [-0.05, 0) is 53.8 Å². The molecule has 0 spiro atoms. The van der Waals surface area contributed by atoms with Crippen LogP contribution in [0.4, 0.5) is 5.69 Å². The lowest BCUT2D eigenvalue weighted by molar-refractivity contribution is -0.121. The maximum absolute atomic E-state index is 13.4. The van der Waals surface area contributed by atoms with Crippen molar-refractivity contribution in [3.63, 3.8) is 0 Å². The van der Waals surface area contributed by atoms with Crippen LogP contribution in [0.25, 0.3) is 10.8 Å². The molecule has 1 unspecified atom stereocenters. The van der Waals surface area contributed by atoms with Crippen molar-refractivity contribution in [2.24, 2.45) is 0 Å². The molecular formula is C23H22N2O3S. The topological polar surface area (TPSA) is 57.7 Å². The number of hydrogen-bond acceptors (Lipinski definition) is 3. The van der Waals surface area contributed by atoms with Crippen LogP contribution < -0.4 is 4.90 Å². The van der Waals surface area contributed by atoms with Crippen LogP contribution in [-0.4, -0.2) is 37.8 Å². The summed E-state index contributed by atoms with van der Waals surface area (Å²) >= 11 is 0. The van der Waals surface area contributed by atoms with E-state index in [4.69, 9.17) is 0 Å². The molecule has 0 aromatic heterocycles. The molecule has 6 heteroatoms. The molecule has 5 rings (SSSR count). The van der Waals surface area contributed by atoms with Gasteiger partial charge in [0.25, 0.3) is 0 Å². The van der Waals surface area contributed by atoms with Gasteiger partial charge in [0.1, 0.15) is 6.04 Å². The Bertz CT molecular complexity index is 1210. The van der Waals surface area contributed by atoms with E-state index in [0.29, 0.717) is 25.9 Å². The van der Waals surface area contributed by atoms with Gasteiger partial charge in [0.2, 0.25) is 15.9 Å². The average Bonchev–Trinajstić information content (AvgIpc) is 3.41. The summed E-state index contributed by atoms with van der Waals surface area (Å²) in [6.45, 7) is 0.986. The lowest BCUT2D eigenvalue weighted by atomic mass is 10.1. The number of anilines is 1. The van der Waals surface area contributed by atoms with Gasteiger partial charge in [-0.15, -0.1) is 0 Å². The van der Waals surface area contributed by atoms with Gasteiger partial charge >= 0.3 is 0 Å². The normalized spacial score (nSPS) is 19.6. The van der Waals surface area contributed by atoms with Crippen molar-refractivity contribution in [2.75, 3.05) is 18.0 Å². The number of sulfonamides is 1. The summed E-state index contributed by atoms with van der Waals surface area (Å²) in [4.78, 5) is 15.3. The fourth-order valence-corrected chi connectivity index (χ4v) is 6.17. The van der Waals surface area contributed by atoms with Crippen LogP contribution in [0.2, 0.25) is 0 Å². The maximum Gasteiger partial charge on any atom is 0.245 e. The van der Waals surface area contributed by atoms with E-state index >= 15 is 0 Å². The Morgan fingerprint density at radius 3 is 2.52 bits per heavy atom. The molecule has 0 aliphatic carbocycles. The van der Waals surface area contributed by atoms with Gasteiger partial charge in [-0.1, -0.05) is 48.5 Å². The maximum atomic E-state index is 13.4. The first kappa shape index (κ1) is 18.3. The quantitative estimate of drug-likeness (QED) is 0.668. The zero-order valence-corrected chi connectivity index (χ0v) is 16.8. The lowest BCUT2D eigenvalue weighted by Crippen LogP contribution is -2.47. The standard InChI is InChI=1S/C23H22N2O3S/c26-23(24-15-13-18-7-3-4-9-21(18)24)22-10-5-14-25(22)29(27,28)20-12-11-17-6-1-2-8-19(17)16-20/h1-4,6-9,11-12,16,22H,5,10,13-15H2. The minimum atomic E-state index is -3.75. The highest BCUT2D eigenvalue weighted by molar-refractivity contribution is 7.89. The lowest BCUT2D eigenvalue weighted by Gasteiger charge is -2.27. The molecule has 1 amide bonds. The van der Waals surface area contributed by atoms with E-state index in [1.807, 2.05) is 54.6 Å². The van der Waals surface area contributed by atoms with E-state index in [2.05, 4.69) is 0 Å². The molecule has 2 aliphatic rings. The molecule has 3 aromatic carbocycles. The molecule has 1 saturated heterocycles. The fraction of sp³-hybridized carbons (Fsp3) is 0.261. The Kier molecular flexibility index (Phi) is 4.41. The van der Waals surface area contributed by atoms with Crippen molar-refractivity contribution in [1.29, 1.82) is 0 Å². The second kappa shape index (κ2) is 6.97. The van der Waals surface area contributed by atoms with Gasteiger partial charge in [-0.25, -0.2) is 8.42 Å². The average molecular weight is 407 g/mol. The van der Waals surface area contributed by atoms with E-state index < -0.39 is 16.1 Å². The third-order valence-electron chi connectivity index (χ3n) is 5.97. The Morgan fingerprint density at radius 1 is 0.897 bits per heavy atom. The Balaban J connectivity index is 1.47. The van der Waals surface area contributed by atoms with E-state index in [-0.39, 0.29) is 10.8 Å². The summed E-state index contributed by atoms with van der Waals surface area (Å²) in [6, 6.07) is 20.1. The van der Waals surface area contributed by atoms with Crippen molar-refractivity contribution >= 4 is 32.4 Å². The van der Waals surface area contributed by atoms with E-state index in [0.717, 1.165) is 28.4 Å². The predicted octanol–water partition coefficient (Wildman–Crippen LogP) is 3.58. The molecule has 5 nitrogen and oxygen atoms in total. The number of carbonyl (C=O) groups is 1. The van der Waals surface area contributed by atoms with Gasteiger partial charge in [-0.2, -0.15) is 4.31 Å². The molecule has 1 fully saturated rings. The Labute approximate surface area is 170 Å². The predicted molar refractivity (Wildman–Crippen MR) is 113 cm³/mol. The summed E-state index contributed by atoms with van der Waals surface area (Å²) in [7, 11) is -3.75. The molecule has 1 atom stereocenters. The monoisotopic (exact) mass is 406 g/mol. The summed E-state index contributed by atoms with van der Waals surface area (Å²) in [5.74, 6) is -0.114. The van der Waals surface area contributed by atoms with E-state index in [1.54, 1.807) is 17.0 Å². The van der Waals surface area contributed by atoms with Gasteiger partial charge in [0, 0.05) is 18.8 Å². The van der Waals surface area contributed by atoms with E-state index in [9.17, 15) is 13.2 Å². The van der Waals surface area contributed by atoms with Crippen LogP contribution in [-0.2, 0) is 21.2 Å². The Morgan fingerprint density at radius 2 is 1.66 bits per heavy atom. The molecule has 148 valence electrons. The van der Waals surface area contributed by atoms with Gasteiger partial charge in [-0.3, -0.25) is 4.79 Å². The SMILES string of the molecule is O=C(C1CCCN1S(=O)(=O)c1ccc2ccccc2c1)N1CCc2ccccc21. The highest BCUT2D eigenvalue weighted by Gasteiger charge is 2.42. The third kappa shape index (κ3) is 3.03. The van der Waals surface area contributed by atoms with Crippen molar-refractivity contribution in [1.82, 2.24) is 4.31 Å². The number of fused-ring (bicyclic) bond motifs is 2. The van der Waals surface area contributed by atoms with Gasteiger partial charge < -0.3 is 4.90 Å². The summed E-state index contributed by atoms with van der Waals surface area (Å²) in [5.41, 5.74) is 2.05. The first-order valence-corrected chi connectivity index (χ1v) is 11.4. The number of benzene rings is 3. The number of rotatable bonds is 3. The first-order valence-electron chi connectivity index (χ1n) is 9.96. The minimum Gasteiger partial charge on any atom is -0.310 e. The molecule has 2 heterocycles. The van der Waals surface area contributed by atoms with Gasteiger partial charge in [0.05, 0.1) is 4.90 Å². The first-order chi connectivity index (χ1) is 14.1. The van der Waals surface area contributed by atoms with Crippen molar-refractivity contribution in [3.05, 3.63) is 72.3 Å². The molecule has 0 radical (unpaired) electrons. The number of hydrogen-bond donors (Lipinski definition) is 0. The number of amides is 1. The van der Waals surface area contributed by atoms with Crippen molar-refractivity contribution in [3.8, 4) is 0 Å². The summed E-state index contributed by atoms with van der Waals surface area (Å²) in [6.07, 6.45) is 2.06. The second-order valence-electron chi connectivity index (χ2n) is 7.65. The number of para-hydroxylation sites is 1. The number of carbonyl (C=O) groups excluding carboxylic acids is 1. The van der Waals surface area contributed by atoms with Crippen LogP contribution >= 0.6 is 0 Å². The largest absolute Gasteiger partial charge is 0.310 e. The summed E-state index contributed by atoms with van der Waals surface area (Å²) < 4.78 is 28.2. The Hall–Kier alpha value is -2.70. The van der Waals surface area contributed by atoms with E-state index in [1.165, 1.54) is 4.31 Å². The smallest absolute Gasteiger partial charge is 0.245 e. The molecule has 29 heavy (non-hydrogen) atoms. The molecular weight excluding hydrogens is 384 g/mol. The second-order valence-corrected chi connectivity index (χ2v) is 9.54. The summed E-state index contributed by atoms with van der Waals surface area (Å²) in [5, 5.41) is 1.87. The molecule has 2 aliphatic heterocycles. The van der Waals surface area contributed by atoms with Crippen LogP contribution in [0.1, 0.15) is 18.4 Å².